The Morgan fingerprint density at radius 2 is 1.71 bits per heavy atom. The van der Waals surface area contributed by atoms with E-state index in [-0.39, 0.29) is 23.1 Å². The van der Waals surface area contributed by atoms with Crippen LogP contribution >= 0.6 is 0 Å². The van der Waals surface area contributed by atoms with Gasteiger partial charge in [-0.05, 0) is 31.0 Å². The van der Waals surface area contributed by atoms with Crippen molar-refractivity contribution in [3.05, 3.63) is 23.8 Å². The molecule has 5 heteroatoms. The fourth-order valence-corrected chi connectivity index (χ4v) is 2.61. The molecule has 2 amide bonds. The first kappa shape index (κ1) is 15.4. The van der Waals surface area contributed by atoms with E-state index >= 15 is 0 Å². The molecule has 21 heavy (non-hydrogen) atoms. The van der Waals surface area contributed by atoms with Crippen molar-refractivity contribution in [1.82, 2.24) is 4.90 Å². The number of anilines is 1. The summed E-state index contributed by atoms with van der Waals surface area (Å²) in [5, 5.41) is 12.6. The highest BCUT2D eigenvalue weighted by molar-refractivity contribution is 5.99. The fourth-order valence-electron chi connectivity index (χ4n) is 2.61. The lowest BCUT2D eigenvalue weighted by Gasteiger charge is -2.25. The highest BCUT2D eigenvalue weighted by Crippen LogP contribution is 2.24. The van der Waals surface area contributed by atoms with Crippen LogP contribution in [-0.4, -0.2) is 34.9 Å². The lowest BCUT2D eigenvalue weighted by Crippen LogP contribution is -2.33. The van der Waals surface area contributed by atoms with Crippen LogP contribution in [0.3, 0.4) is 0 Å². The molecule has 0 aliphatic carbocycles. The molecule has 1 aromatic carbocycles. The number of rotatable bonds is 2. The van der Waals surface area contributed by atoms with Crippen LogP contribution in [0.15, 0.2) is 18.2 Å². The van der Waals surface area contributed by atoms with E-state index in [2.05, 4.69) is 5.32 Å². The van der Waals surface area contributed by atoms with Crippen molar-refractivity contribution < 1.29 is 14.7 Å². The first-order valence-electron chi connectivity index (χ1n) is 7.48. The monoisotopic (exact) mass is 290 g/mol. The maximum absolute atomic E-state index is 12.6. The molecule has 0 aromatic heterocycles. The normalized spacial score (nSPS) is 16.0. The van der Waals surface area contributed by atoms with Crippen LogP contribution in [0.2, 0.25) is 0 Å². The summed E-state index contributed by atoms with van der Waals surface area (Å²) >= 11 is 0. The number of hydrogen-bond donors (Lipinski definition) is 2. The van der Waals surface area contributed by atoms with Crippen LogP contribution in [0.1, 0.15) is 49.4 Å². The maximum atomic E-state index is 12.6. The lowest BCUT2D eigenvalue weighted by molar-refractivity contribution is -0.114. The third kappa shape index (κ3) is 4.21. The molecular formula is C16H22N2O3. The Balaban J connectivity index is 2.18. The molecule has 0 unspecified atom stereocenters. The quantitative estimate of drug-likeness (QED) is 0.823. The number of likely N-dealkylation sites (tertiary alicyclic amines) is 1. The summed E-state index contributed by atoms with van der Waals surface area (Å²) in [7, 11) is 0. The summed E-state index contributed by atoms with van der Waals surface area (Å²) in [5.74, 6) is -0.414. The van der Waals surface area contributed by atoms with Crippen molar-refractivity contribution in [2.24, 2.45) is 0 Å². The molecule has 1 aliphatic heterocycles. The molecular weight excluding hydrogens is 268 g/mol. The van der Waals surface area contributed by atoms with E-state index in [0.717, 1.165) is 38.8 Å². The minimum atomic E-state index is -0.203. The van der Waals surface area contributed by atoms with Gasteiger partial charge in [-0.25, -0.2) is 0 Å². The number of benzene rings is 1. The van der Waals surface area contributed by atoms with Crippen molar-refractivity contribution in [3.8, 4) is 5.75 Å². The standard InChI is InChI=1S/C16H22N2O3/c1-12(19)17-13-7-8-15(20)14(11-13)16(21)18-9-5-3-2-4-6-10-18/h7-8,11,20H,2-6,9-10H2,1H3,(H,17,19). The Morgan fingerprint density at radius 1 is 1.10 bits per heavy atom. The summed E-state index contributed by atoms with van der Waals surface area (Å²) in [6.45, 7) is 2.86. The van der Waals surface area contributed by atoms with Crippen molar-refractivity contribution in [3.63, 3.8) is 0 Å². The number of carbonyl (C=O) groups excluding carboxylic acids is 2. The van der Waals surface area contributed by atoms with Crippen LogP contribution in [0.4, 0.5) is 5.69 Å². The van der Waals surface area contributed by atoms with Gasteiger partial charge in [0, 0.05) is 25.7 Å². The van der Waals surface area contributed by atoms with Gasteiger partial charge >= 0.3 is 0 Å². The maximum Gasteiger partial charge on any atom is 0.257 e. The minimum absolute atomic E-state index is 0.0452. The second-order valence-corrected chi connectivity index (χ2v) is 5.47. The number of amides is 2. The van der Waals surface area contributed by atoms with Gasteiger partial charge in [-0.1, -0.05) is 19.3 Å². The van der Waals surface area contributed by atoms with Gasteiger partial charge in [0.1, 0.15) is 5.75 Å². The summed E-state index contributed by atoms with van der Waals surface area (Å²) < 4.78 is 0. The van der Waals surface area contributed by atoms with Gasteiger partial charge in [-0.15, -0.1) is 0 Å². The predicted molar refractivity (Wildman–Crippen MR) is 81.4 cm³/mol. The van der Waals surface area contributed by atoms with E-state index < -0.39 is 0 Å². The third-order valence-electron chi connectivity index (χ3n) is 3.69. The number of nitrogens with zero attached hydrogens (tertiary/aromatic N) is 1. The topological polar surface area (TPSA) is 69.6 Å². The summed E-state index contributed by atoms with van der Waals surface area (Å²) in [6, 6.07) is 4.57. The van der Waals surface area contributed by atoms with Crippen molar-refractivity contribution >= 4 is 17.5 Å². The molecule has 1 aromatic rings. The lowest BCUT2D eigenvalue weighted by atomic mass is 10.1. The molecule has 114 valence electrons. The fraction of sp³-hybridized carbons (Fsp3) is 0.500. The zero-order valence-electron chi connectivity index (χ0n) is 12.4. The summed E-state index contributed by atoms with van der Waals surface area (Å²) in [4.78, 5) is 25.5. The molecule has 1 heterocycles. The van der Waals surface area contributed by atoms with Gasteiger partial charge in [-0.2, -0.15) is 0 Å². The molecule has 0 saturated carbocycles. The minimum Gasteiger partial charge on any atom is -0.507 e. The summed E-state index contributed by atoms with van der Waals surface area (Å²) in [5.41, 5.74) is 0.775. The van der Waals surface area contributed by atoms with E-state index in [0.29, 0.717) is 5.69 Å². The van der Waals surface area contributed by atoms with Gasteiger partial charge in [0.15, 0.2) is 0 Å². The first-order chi connectivity index (χ1) is 10.1. The molecule has 0 bridgehead atoms. The molecule has 0 spiro atoms. The Hall–Kier alpha value is -2.04. The van der Waals surface area contributed by atoms with E-state index in [4.69, 9.17) is 0 Å². The molecule has 2 rings (SSSR count). The number of hydrogen-bond acceptors (Lipinski definition) is 3. The number of phenolic OH excluding ortho intramolecular Hbond substituents is 1. The Kier molecular flexibility index (Phi) is 5.20. The largest absolute Gasteiger partial charge is 0.507 e. The summed E-state index contributed by atoms with van der Waals surface area (Å²) in [6.07, 6.45) is 5.50. The SMILES string of the molecule is CC(=O)Nc1ccc(O)c(C(=O)N2CCCCCCC2)c1. The smallest absolute Gasteiger partial charge is 0.257 e. The Bertz CT molecular complexity index is 520. The number of aromatic hydroxyl groups is 1. The van der Waals surface area contributed by atoms with Gasteiger partial charge in [-0.3, -0.25) is 9.59 Å². The van der Waals surface area contributed by atoms with Gasteiger partial charge in [0.2, 0.25) is 5.91 Å². The highest BCUT2D eigenvalue weighted by Gasteiger charge is 2.20. The second kappa shape index (κ2) is 7.11. The number of carbonyl (C=O) groups is 2. The zero-order chi connectivity index (χ0) is 15.2. The predicted octanol–water partition coefficient (Wildman–Crippen LogP) is 2.76. The molecule has 1 saturated heterocycles. The average molecular weight is 290 g/mol. The van der Waals surface area contributed by atoms with Crippen LogP contribution < -0.4 is 5.32 Å². The molecule has 1 fully saturated rings. The number of nitrogens with one attached hydrogen (secondary N) is 1. The Labute approximate surface area is 125 Å². The molecule has 5 nitrogen and oxygen atoms in total. The third-order valence-corrected chi connectivity index (χ3v) is 3.69. The van der Waals surface area contributed by atoms with E-state index in [1.807, 2.05) is 0 Å². The van der Waals surface area contributed by atoms with E-state index in [1.54, 1.807) is 11.0 Å². The van der Waals surface area contributed by atoms with Crippen molar-refractivity contribution in [2.75, 3.05) is 18.4 Å². The second-order valence-electron chi connectivity index (χ2n) is 5.47. The number of phenols is 1. The Morgan fingerprint density at radius 3 is 2.33 bits per heavy atom. The van der Waals surface area contributed by atoms with Gasteiger partial charge < -0.3 is 15.3 Å². The van der Waals surface area contributed by atoms with Crippen molar-refractivity contribution in [2.45, 2.75) is 39.0 Å². The molecule has 1 aliphatic rings. The van der Waals surface area contributed by atoms with Crippen LogP contribution in [0, 0.1) is 0 Å². The highest BCUT2D eigenvalue weighted by atomic mass is 16.3. The zero-order valence-corrected chi connectivity index (χ0v) is 12.4. The molecule has 0 radical (unpaired) electrons. The van der Waals surface area contributed by atoms with Crippen LogP contribution in [0.25, 0.3) is 0 Å². The van der Waals surface area contributed by atoms with Gasteiger partial charge in [0.25, 0.3) is 5.91 Å². The average Bonchev–Trinajstić information content (AvgIpc) is 2.39. The van der Waals surface area contributed by atoms with Gasteiger partial charge in [0.05, 0.1) is 5.56 Å². The van der Waals surface area contributed by atoms with Crippen LogP contribution in [0.5, 0.6) is 5.75 Å². The van der Waals surface area contributed by atoms with Crippen molar-refractivity contribution in [1.29, 1.82) is 0 Å². The molecule has 2 N–H and O–H groups in total. The first-order valence-corrected chi connectivity index (χ1v) is 7.48. The molecule has 0 atom stereocenters. The van der Waals surface area contributed by atoms with Crippen LogP contribution in [-0.2, 0) is 4.79 Å². The van der Waals surface area contributed by atoms with E-state index in [1.165, 1.54) is 25.5 Å². The van der Waals surface area contributed by atoms with E-state index in [9.17, 15) is 14.7 Å².